The molecule has 0 radical (unpaired) electrons. The van der Waals surface area contributed by atoms with Crippen LogP contribution in [0.4, 0.5) is 5.69 Å². The van der Waals surface area contributed by atoms with Crippen molar-refractivity contribution in [2.45, 2.75) is 13.0 Å². The predicted octanol–water partition coefficient (Wildman–Crippen LogP) is 0.635. The van der Waals surface area contributed by atoms with Gasteiger partial charge in [0.1, 0.15) is 18.5 Å². The van der Waals surface area contributed by atoms with Gasteiger partial charge in [0.05, 0.1) is 11.5 Å². The lowest BCUT2D eigenvalue weighted by Gasteiger charge is -2.11. The smallest absolute Gasteiger partial charge is 0.269 e. The number of aliphatic hydroxyl groups excluding tert-OH is 2. The molecule has 0 spiro atoms. The number of hydrogen-bond acceptors (Lipinski definition) is 5. The van der Waals surface area contributed by atoms with E-state index in [1.165, 1.54) is 18.2 Å². The third-order valence-electron chi connectivity index (χ3n) is 2.01. The summed E-state index contributed by atoms with van der Waals surface area (Å²) >= 11 is 0. The predicted molar refractivity (Wildman–Crippen MR) is 56.4 cm³/mol. The van der Waals surface area contributed by atoms with Crippen LogP contribution in [0.15, 0.2) is 18.2 Å². The third-order valence-corrected chi connectivity index (χ3v) is 2.01. The molecule has 6 nitrogen and oxygen atoms in total. The van der Waals surface area contributed by atoms with E-state index in [-0.39, 0.29) is 18.9 Å². The van der Waals surface area contributed by atoms with Gasteiger partial charge in [-0.2, -0.15) is 0 Å². The van der Waals surface area contributed by atoms with Gasteiger partial charge in [0, 0.05) is 12.1 Å². The van der Waals surface area contributed by atoms with E-state index in [1.807, 2.05) is 0 Å². The molecule has 6 heteroatoms. The van der Waals surface area contributed by atoms with E-state index >= 15 is 0 Å². The lowest BCUT2D eigenvalue weighted by atomic mass is 10.2. The van der Waals surface area contributed by atoms with Gasteiger partial charge >= 0.3 is 0 Å². The Kier molecular flexibility index (Phi) is 4.21. The summed E-state index contributed by atoms with van der Waals surface area (Å²) in [5.41, 5.74) is 0.604. The average Bonchev–Trinajstić information content (AvgIpc) is 2.26. The van der Waals surface area contributed by atoms with Gasteiger partial charge in [0.15, 0.2) is 0 Å². The van der Waals surface area contributed by atoms with Crippen LogP contribution in [-0.2, 0) is 0 Å². The van der Waals surface area contributed by atoms with Crippen molar-refractivity contribution in [3.63, 3.8) is 0 Å². The molecule has 0 bridgehead atoms. The summed E-state index contributed by atoms with van der Waals surface area (Å²) in [4.78, 5) is 9.98. The zero-order chi connectivity index (χ0) is 12.1. The number of aryl methyl sites for hydroxylation is 1. The monoisotopic (exact) mass is 227 g/mol. The minimum atomic E-state index is -0.949. The molecule has 1 rings (SSSR count). The molecular formula is C10H13NO5. The number of aliphatic hydroxyl groups is 2. The zero-order valence-corrected chi connectivity index (χ0v) is 8.79. The van der Waals surface area contributed by atoms with E-state index in [9.17, 15) is 10.1 Å². The third kappa shape index (κ3) is 3.18. The number of nitrogens with zero attached hydrogens (tertiary/aromatic N) is 1. The fraction of sp³-hybridized carbons (Fsp3) is 0.400. The topological polar surface area (TPSA) is 92.8 Å². The molecule has 0 saturated carbocycles. The Morgan fingerprint density at radius 1 is 1.56 bits per heavy atom. The van der Waals surface area contributed by atoms with Crippen molar-refractivity contribution in [3.05, 3.63) is 33.9 Å². The summed E-state index contributed by atoms with van der Waals surface area (Å²) in [7, 11) is 0. The zero-order valence-electron chi connectivity index (χ0n) is 8.79. The van der Waals surface area contributed by atoms with E-state index < -0.39 is 11.0 Å². The Hall–Kier alpha value is -1.66. The van der Waals surface area contributed by atoms with Crippen LogP contribution in [0.25, 0.3) is 0 Å². The van der Waals surface area contributed by atoms with Gasteiger partial charge in [-0.25, -0.2) is 0 Å². The fourth-order valence-corrected chi connectivity index (χ4v) is 1.15. The molecule has 1 atom stereocenters. The van der Waals surface area contributed by atoms with Crippen LogP contribution in [0, 0.1) is 17.0 Å². The first-order chi connectivity index (χ1) is 7.54. The van der Waals surface area contributed by atoms with Crippen LogP contribution < -0.4 is 4.74 Å². The normalized spacial score (nSPS) is 12.2. The van der Waals surface area contributed by atoms with Gasteiger partial charge in [0.2, 0.25) is 0 Å². The van der Waals surface area contributed by atoms with Crippen molar-refractivity contribution >= 4 is 5.69 Å². The van der Waals surface area contributed by atoms with Gasteiger partial charge in [-0.1, -0.05) is 0 Å². The van der Waals surface area contributed by atoms with Crippen molar-refractivity contribution < 1.29 is 19.9 Å². The highest BCUT2D eigenvalue weighted by atomic mass is 16.6. The van der Waals surface area contributed by atoms with Crippen LogP contribution in [0.1, 0.15) is 5.56 Å². The molecular weight excluding hydrogens is 214 g/mol. The number of benzene rings is 1. The first-order valence-corrected chi connectivity index (χ1v) is 4.71. The second kappa shape index (κ2) is 5.43. The first-order valence-electron chi connectivity index (χ1n) is 4.71. The van der Waals surface area contributed by atoms with Gasteiger partial charge in [-0.3, -0.25) is 10.1 Å². The van der Waals surface area contributed by atoms with Crippen molar-refractivity contribution in [3.8, 4) is 5.75 Å². The van der Waals surface area contributed by atoms with Crippen molar-refractivity contribution in [1.29, 1.82) is 0 Å². The van der Waals surface area contributed by atoms with Crippen molar-refractivity contribution in [2.24, 2.45) is 0 Å². The van der Waals surface area contributed by atoms with Gasteiger partial charge < -0.3 is 14.9 Å². The molecule has 1 aromatic rings. The van der Waals surface area contributed by atoms with Crippen LogP contribution in [0.2, 0.25) is 0 Å². The lowest BCUT2D eigenvalue weighted by molar-refractivity contribution is -0.384. The molecule has 0 fully saturated rings. The summed E-state index contributed by atoms with van der Waals surface area (Å²) in [6.07, 6.45) is -0.949. The molecule has 1 aromatic carbocycles. The molecule has 1 unspecified atom stereocenters. The second-order valence-electron chi connectivity index (χ2n) is 3.35. The van der Waals surface area contributed by atoms with E-state index in [4.69, 9.17) is 14.9 Å². The minimum absolute atomic E-state index is 0.00689. The molecule has 0 aromatic heterocycles. The van der Waals surface area contributed by atoms with Gasteiger partial charge in [0.25, 0.3) is 5.69 Å². The number of nitro benzene ring substituents is 1. The van der Waals surface area contributed by atoms with E-state index in [0.717, 1.165) is 0 Å². The Morgan fingerprint density at radius 3 is 2.75 bits per heavy atom. The Morgan fingerprint density at radius 2 is 2.25 bits per heavy atom. The second-order valence-corrected chi connectivity index (χ2v) is 3.35. The molecule has 0 aliphatic rings. The molecule has 0 saturated heterocycles. The van der Waals surface area contributed by atoms with Crippen LogP contribution in [0.3, 0.4) is 0 Å². The number of rotatable bonds is 5. The molecule has 0 amide bonds. The summed E-state index contributed by atoms with van der Waals surface area (Å²) in [5, 5.41) is 28.1. The number of hydrogen-bond donors (Lipinski definition) is 2. The van der Waals surface area contributed by atoms with Crippen LogP contribution in [0.5, 0.6) is 5.75 Å². The number of ether oxygens (including phenoxy) is 1. The van der Waals surface area contributed by atoms with E-state index in [0.29, 0.717) is 11.3 Å². The standard InChI is InChI=1S/C10H13NO5/c1-7-4-8(11(14)15)2-3-10(7)16-6-9(13)5-12/h2-4,9,12-13H,5-6H2,1H3. The number of non-ortho nitro benzene ring substituents is 1. The highest BCUT2D eigenvalue weighted by molar-refractivity contribution is 5.42. The highest BCUT2D eigenvalue weighted by Crippen LogP contribution is 2.23. The summed E-state index contributed by atoms with van der Waals surface area (Å²) in [6.45, 7) is 1.24. The van der Waals surface area contributed by atoms with E-state index in [2.05, 4.69) is 0 Å². The largest absolute Gasteiger partial charge is 0.491 e. The molecule has 88 valence electrons. The van der Waals surface area contributed by atoms with Gasteiger partial charge in [-0.05, 0) is 18.6 Å². The van der Waals surface area contributed by atoms with Crippen molar-refractivity contribution in [2.75, 3.05) is 13.2 Å². The van der Waals surface area contributed by atoms with Gasteiger partial charge in [-0.15, -0.1) is 0 Å². The molecule has 0 aliphatic carbocycles. The lowest BCUT2D eigenvalue weighted by Crippen LogP contribution is -2.21. The maximum Gasteiger partial charge on any atom is 0.269 e. The minimum Gasteiger partial charge on any atom is -0.491 e. The molecule has 2 N–H and O–H groups in total. The van der Waals surface area contributed by atoms with Crippen LogP contribution >= 0.6 is 0 Å². The molecule has 16 heavy (non-hydrogen) atoms. The SMILES string of the molecule is Cc1cc([N+](=O)[O-])ccc1OCC(O)CO. The van der Waals surface area contributed by atoms with Crippen LogP contribution in [-0.4, -0.2) is 34.5 Å². The molecule has 0 heterocycles. The maximum atomic E-state index is 10.5. The summed E-state index contributed by atoms with van der Waals surface area (Å²) < 4.78 is 5.19. The molecule has 0 aliphatic heterocycles. The first kappa shape index (κ1) is 12.4. The Labute approximate surface area is 92.2 Å². The fourth-order valence-electron chi connectivity index (χ4n) is 1.15. The Bertz CT molecular complexity index is 379. The number of nitro groups is 1. The quantitative estimate of drug-likeness (QED) is 0.568. The summed E-state index contributed by atoms with van der Waals surface area (Å²) in [6, 6.07) is 4.19. The van der Waals surface area contributed by atoms with Crippen molar-refractivity contribution in [1.82, 2.24) is 0 Å². The average molecular weight is 227 g/mol. The highest BCUT2D eigenvalue weighted by Gasteiger charge is 2.10. The summed E-state index contributed by atoms with van der Waals surface area (Å²) in [5.74, 6) is 0.457. The Balaban J connectivity index is 2.72. The maximum absolute atomic E-state index is 10.5. The van der Waals surface area contributed by atoms with E-state index in [1.54, 1.807) is 6.92 Å².